The van der Waals surface area contributed by atoms with Crippen LogP contribution in [-0.2, 0) is 6.54 Å². The van der Waals surface area contributed by atoms with E-state index < -0.39 is 5.97 Å². The van der Waals surface area contributed by atoms with Gasteiger partial charge in [-0.2, -0.15) is 0 Å². The number of hydrogen-bond acceptors (Lipinski definition) is 4. The summed E-state index contributed by atoms with van der Waals surface area (Å²) in [6.07, 6.45) is 3.09. The summed E-state index contributed by atoms with van der Waals surface area (Å²) in [7, 11) is 0. The molecule has 30 heavy (non-hydrogen) atoms. The maximum Gasteiger partial charge on any atom is 0.337 e. The van der Waals surface area contributed by atoms with Crippen molar-refractivity contribution in [3.8, 4) is 11.1 Å². The number of benzene rings is 2. The van der Waals surface area contributed by atoms with Gasteiger partial charge in [-0.05, 0) is 60.7 Å². The molecule has 0 radical (unpaired) electrons. The molecule has 1 aliphatic heterocycles. The van der Waals surface area contributed by atoms with Gasteiger partial charge in [0, 0.05) is 25.3 Å². The second-order valence-electron chi connectivity index (χ2n) is 8.12. The molecule has 3 aromatic rings. The Kier molecular flexibility index (Phi) is 5.55. The number of fused-ring (bicyclic) bond motifs is 1. The average Bonchev–Trinajstić information content (AvgIpc) is 3.11. The summed E-state index contributed by atoms with van der Waals surface area (Å²) in [6, 6.07) is 17.3. The number of carboxylic acid groups (broad SMARTS) is 1. The van der Waals surface area contributed by atoms with Crippen molar-refractivity contribution in [2.75, 3.05) is 11.9 Å². The molecule has 2 N–H and O–H groups in total. The highest BCUT2D eigenvalue weighted by Gasteiger charge is 2.32. The molecule has 0 aliphatic carbocycles. The Morgan fingerprint density at radius 2 is 2.03 bits per heavy atom. The quantitative estimate of drug-likeness (QED) is 0.599. The first-order chi connectivity index (χ1) is 14.5. The second-order valence-corrected chi connectivity index (χ2v) is 8.12. The van der Waals surface area contributed by atoms with Crippen molar-refractivity contribution in [2.45, 2.75) is 39.4 Å². The number of carbonyl (C=O) groups is 1. The minimum absolute atomic E-state index is 0.174. The summed E-state index contributed by atoms with van der Waals surface area (Å²) in [5.41, 5.74) is 7.21. The number of nitrogens with one attached hydrogen (secondary N) is 1. The number of rotatable bonds is 6. The molecule has 154 valence electrons. The number of aromatic nitrogens is 1. The maximum absolute atomic E-state index is 11.5. The molecule has 0 saturated heterocycles. The first-order valence-corrected chi connectivity index (χ1v) is 10.3. The van der Waals surface area contributed by atoms with Crippen molar-refractivity contribution < 1.29 is 9.90 Å². The lowest BCUT2D eigenvalue weighted by Crippen LogP contribution is -2.33. The van der Waals surface area contributed by atoms with Gasteiger partial charge in [-0.15, -0.1) is 0 Å². The van der Waals surface area contributed by atoms with Gasteiger partial charge in [-0.25, -0.2) is 4.79 Å². The summed E-state index contributed by atoms with van der Waals surface area (Å²) in [5, 5.41) is 12.8. The molecule has 1 atom stereocenters. The zero-order valence-corrected chi connectivity index (χ0v) is 17.6. The Balaban J connectivity index is 1.63. The molecule has 2 heterocycles. The summed E-state index contributed by atoms with van der Waals surface area (Å²) >= 11 is 0. The smallest absolute Gasteiger partial charge is 0.337 e. The monoisotopic (exact) mass is 401 g/mol. The minimum Gasteiger partial charge on any atom is -0.478 e. The fourth-order valence-corrected chi connectivity index (χ4v) is 4.32. The van der Waals surface area contributed by atoms with Gasteiger partial charge in [-0.1, -0.05) is 36.4 Å². The van der Waals surface area contributed by atoms with E-state index in [1.807, 2.05) is 0 Å². The van der Waals surface area contributed by atoms with E-state index in [4.69, 9.17) is 0 Å². The van der Waals surface area contributed by atoms with Crippen LogP contribution >= 0.6 is 0 Å². The van der Waals surface area contributed by atoms with Gasteiger partial charge >= 0.3 is 5.97 Å². The lowest BCUT2D eigenvalue weighted by Gasteiger charge is -2.29. The SMILES string of the molecule is Cc1ccccc1-c1ccc2c(c1)CN(C(C)C)[C@@H]2CNc1cnccc1C(=O)O. The topological polar surface area (TPSA) is 65.5 Å². The van der Waals surface area contributed by atoms with Crippen molar-refractivity contribution in [3.05, 3.63) is 83.2 Å². The molecule has 0 amide bonds. The normalized spacial score (nSPS) is 15.9. The minimum atomic E-state index is -0.949. The van der Waals surface area contributed by atoms with Crippen LogP contribution in [0, 0.1) is 6.92 Å². The second kappa shape index (κ2) is 8.28. The van der Waals surface area contributed by atoms with Crippen molar-refractivity contribution in [1.82, 2.24) is 9.88 Å². The number of pyridine rings is 1. The Hall–Kier alpha value is -3.18. The molecule has 1 aromatic heterocycles. The molecule has 0 spiro atoms. The van der Waals surface area contributed by atoms with Gasteiger partial charge in [-0.3, -0.25) is 9.88 Å². The van der Waals surface area contributed by atoms with E-state index in [0.717, 1.165) is 6.54 Å². The van der Waals surface area contributed by atoms with Crippen LogP contribution in [0.3, 0.4) is 0 Å². The van der Waals surface area contributed by atoms with Gasteiger partial charge in [0.1, 0.15) is 0 Å². The van der Waals surface area contributed by atoms with Crippen LogP contribution < -0.4 is 5.32 Å². The third-order valence-electron chi connectivity index (χ3n) is 5.91. The third-order valence-corrected chi connectivity index (χ3v) is 5.91. The van der Waals surface area contributed by atoms with Gasteiger partial charge in [0.2, 0.25) is 0 Å². The van der Waals surface area contributed by atoms with E-state index in [2.05, 4.69) is 78.4 Å². The third kappa shape index (κ3) is 3.81. The molecular formula is C25H27N3O2. The highest BCUT2D eigenvalue weighted by molar-refractivity contribution is 5.93. The van der Waals surface area contributed by atoms with Gasteiger partial charge in [0.15, 0.2) is 0 Å². The summed E-state index contributed by atoms with van der Waals surface area (Å²) in [4.78, 5) is 18.1. The summed E-state index contributed by atoms with van der Waals surface area (Å²) < 4.78 is 0. The Labute approximate surface area is 177 Å². The van der Waals surface area contributed by atoms with Crippen LogP contribution in [-0.4, -0.2) is 33.5 Å². The van der Waals surface area contributed by atoms with Crippen molar-refractivity contribution >= 4 is 11.7 Å². The first kappa shape index (κ1) is 20.1. The van der Waals surface area contributed by atoms with Crippen LogP contribution in [0.1, 0.15) is 46.9 Å². The van der Waals surface area contributed by atoms with E-state index >= 15 is 0 Å². The lowest BCUT2D eigenvalue weighted by molar-refractivity contribution is 0.0697. The zero-order valence-electron chi connectivity index (χ0n) is 17.6. The number of aromatic carboxylic acids is 1. The molecule has 0 bridgehead atoms. The number of nitrogens with zero attached hydrogens (tertiary/aromatic N) is 2. The lowest BCUT2D eigenvalue weighted by atomic mass is 9.95. The first-order valence-electron chi connectivity index (χ1n) is 10.3. The van der Waals surface area contributed by atoms with Crippen LogP contribution in [0.15, 0.2) is 60.9 Å². The van der Waals surface area contributed by atoms with Crippen LogP contribution in [0.2, 0.25) is 0 Å². The molecule has 4 rings (SSSR count). The van der Waals surface area contributed by atoms with Gasteiger partial charge < -0.3 is 10.4 Å². The van der Waals surface area contributed by atoms with E-state index in [1.165, 1.54) is 40.1 Å². The average molecular weight is 402 g/mol. The predicted molar refractivity (Wildman–Crippen MR) is 120 cm³/mol. The summed E-state index contributed by atoms with van der Waals surface area (Å²) in [6.45, 7) is 8.06. The Morgan fingerprint density at radius 1 is 1.23 bits per heavy atom. The Morgan fingerprint density at radius 3 is 2.77 bits per heavy atom. The number of aryl methyl sites for hydroxylation is 1. The van der Waals surface area contributed by atoms with Gasteiger partial charge in [0.05, 0.1) is 23.5 Å². The van der Waals surface area contributed by atoms with Crippen LogP contribution in [0.25, 0.3) is 11.1 Å². The summed E-state index contributed by atoms with van der Waals surface area (Å²) in [5.74, 6) is -0.949. The Bertz CT molecular complexity index is 1080. The maximum atomic E-state index is 11.5. The van der Waals surface area contributed by atoms with Crippen molar-refractivity contribution in [3.63, 3.8) is 0 Å². The van der Waals surface area contributed by atoms with Crippen LogP contribution in [0.4, 0.5) is 5.69 Å². The van der Waals surface area contributed by atoms with Crippen molar-refractivity contribution in [1.29, 1.82) is 0 Å². The molecule has 0 unspecified atom stereocenters. The highest BCUT2D eigenvalue weighted by Crippen LogP contribution is 2.38. The highest BCUT2D eigenvalue weighted by atomic mass is 16.4. The van der Waals surface area contributed by atoms with E-state index in [-0.39, 0.29) is 11.6 Å². The molecule has 2 aromatic carbocycles. The fraction of sp³-hybridized carbons (Fsp3) is 0.280. The molecule has 5 nitrogen and oxygen atoms in total. The van der Waals surface area contributed by atoms with E-state index in [0.29, 0.717) is 18.3 Å². The predicted octanol–water partition coefficient (Wildman–Crippen LogP) is 5.13. The zero-order chi connectivity index (χ0) is 21.3. The largest absolute Gasteiger partial charge is 0.478 e. The molecular weight excluding hydrogens is 374 g/mol. The number of carboxylic acids is 1. The van der Waals surface area contributed by atoms with E-state index in [1.54, 1.807) is 6.20 Å². The molecule has 0 saturated carbocycles. The fourth-order valence-electron chi connectivity index (χ4n) is 4.32. The number of hydrogen-bond donors (Lipinski definition) is 2. The molecule has 0 fully saturated rings. The van der Waals surface area contributed by atoms with Crippen molar-refractivity contribution in [2.24, 2.45) is 0 Å². The molecule has 5 heteroatoms. The van der Waals surface area contributed by atoms with Gasteiger partial charge in [0.25, 0.3) is 0 Å². The standard InChI is InChI=1S/C25H27N3O2/c1-16(2)28-15-19-12-18(20-7-5-4-6-17(20)3)8-9-21(19)24(28)14-27-23-13-26-11-10-22(23)25(29)30/h4-13,16,24,27H,14-15H2,1-3H3,(H,29,30)/t24-/m1/s1. The molecule has 1 aliphatic rings. The van der Waals surface area contributed by atoms with E-state index in [9.17, 15) is 9.90 Å². The van der Waals surface area contributed by atoms with Crippen LogP contribution in [0.5, 0.6) is 0 Å². The number of anilines is 1.